The number of nitrogen functional groups attached to an aromatic ring is 1. The van der Waals surface area contributed by atoms with E-state index in [1.165, 1.54) is 6.92 Å². The first kappa shape index (κ1) is 34.1. The summed E-state index contributed by atoms with van der Waals surface area (Å²) in [4.78, 5) is 26.3. The number of alkyl halides is 4. The van der Waals surface area contributed by atoms with Gasteiger partial charge in [0.2, 0.25) is 5.91 Å². The average Bonchev–Trinajstić information content (AvgIpc) is 3.81. The number of hydrogen-bond donors (Lipinski definition) is 1. The number of likely N-dealkylation sites (tertiary alicyclic amines) is 1. The summed E-state index contributed by atoms with van der Waals surface area (Å²) in [6, 6.07) is 4.15. The molecule has 3 saturated heterocycles. The third-order valence-electron chi connectivity index (χ3n) is 10.7. The molecule has 7 rings (SSSR count). The number of ether oxygens (including phenoxy) is 1. The summed E-state index contributed by atoms with van der Waals surface area (Å²) < 4.78 is 97.5. The Kier molecular flexibility index (Phi) is 8.09. The number of thiophene rings is 1. The Morgan fingerprint density at radius 3 is 2.68 bits per heavy atom. The van der Waals surface area contributed by atoms with E-state index in [1.54, 1.807) is 16.8 Å². The highest BCUT2D eigenvalue weighted by Gasteiger charge is 2.50. The van der Waals surface area contributed by atoms with Crippen molar-refractivity contribution in [3.63, 3.8) is 0 Å². The van der Waals surface area contributed by atoms with Gasteiger partial charge in [-0.25, -0.2) is 13.2 Å². The van der Waals surface area contributed by atoms with Gasteiger partial charge in [-0.05, 0) is 50.4 Å². The maximum absolute atomic E-state index is 17.1. The highest BCUT2D eigenvalue weighted by Crippen LogP contribution is 2.49. The zero-order valence-corrected chi connectivity index (χ0v) is 28.2. The number of halogens is 6. The number of hydrogen-bond acceptors (Lipinski definition) is 9. The summed E-state index contributed by atoms with van der Waals surface area (Å²) in [7, 11) is 1.60. The Bertz CT molecular complexity index is 2100. The average molecular weight is 718 g/mol. The maximum Gasteiger partial charge on any atom is 0.417 e. The van der Waals surface area contributed by atoms with Crippen LogP contribution in [0.25, 0.3) is 32.1 Å². The van der Waals surface area contributed by atoms with Crippen molar-refractivity contribution in [1.82, 2.24) is 19.8 Å². The summed E-state index contributed by atoms with van der Waals surface area (Å²) in [6.45, 7) is 4.79. The molecule has 9 nitrogen and oxygen atoms in total. The van der Waals surface area contributed by atoms with Crippen molar-refractivity contribution in [2.24, 2.45) is 0 Å². The number of nitriles is 1. The fourth-order valence-corrected chi connectivity index (χ4v) is 8.85. The molecule has 16 heteroatoms. The van der Waals surface area contributed by atoms with Crippen LogP contribution in [0.2, 0.25) is 0 Å². The predicted molar refractivity (Wildman–Crippen MR) is 177 cm³/mol. The molecule has 2 aromatic carbocycles. The van der Waals surface area contributed by atoms with Crippen LogP contribution < -0.4 is 15.4 Å². The van der Waals surface area contributed by atoms with Crippen molar-refractivity contribution < 1.29 is 35.9 Å². The zero-order chi connectivity index (χ0) is 35.9. The monoisotopic (exact) mass is 717 g/mol. The highest BCUT2D eigenvalue weighted by molar-refractivity contribution is 7.23. The number of benzene rings is 2. The van der Waals surface area contributed by atoms with Crippen molar-refractivity contribution in [3.05, 3.63) is 41.0 Å². The third-order valence-corrected chi connectivity index (χ3v) is 11.7. The molecule has 0 aliphatic carbocycles. The fraction of sp³-hybridized carbons (Fsp3) is 0.471. The standard InChI is InChI=1S/C34H33F6N7O2S/c1-17(48)46-10-8-32(2,15-46)45(3)30-20-11-22(34(38,39)40)25(19-5-6-23(36)28-24(19)21(13-41)29(42)50-28)26(37)27(20)43-31(44-30)49-16-33-7-4-9-47(33)14-18(35)12-33/h5-6,11,18H,4,7-10,12,14-16,42H2,1-3H3. The Balaban J connectivity index is 1.46. The molecule has 0 spiro atoms. The van der Waals surface area contributed by atoms with Crippen LogP contribution in [0.1, 0.15) is 50.7 Å². The van der Waals surface area contributed by atoms with Crippen molar-refractivity contribution in [2.75, 3.05) is 50.5 Å². The van der Waals surface area contributed by atoms with Gasteiger partial charge in [-0.1, -0.05) is 6.07 Å². The molecule has 264 valence electrons. The number of anilines is 2. The predicted octanol–water partition coefficient (Wildman–Crippen LogP) is 6.66. The second-order valence-electron chi connectivity index (χ2n) is 13.7. The summed E-state index contributed by atoms with van der Waals surface area (Å²) in [5, 5.41) is 9.18. The minimum Gasteiger partial charge on any atom is -0.461 e. The molecule has 3 aliphatic heterocycles. The zero-order valence-electron chi connectivity index (χ0n) is 27.4. The van der Waals surface area contributed by atoms with Gasteiger partial charge in [0.1, 0.15) is 41.0 Å². The molecule has 3 aliphatic rings. The number of aromatic nitrogens is 2. The van der Waals surface area contributed by atoms with Gasteiger partial charge in [-0.3, -0.25) is 9.69 Å². The van der Waals surface area contributed by atoms with E-state index in [1.807, 2.05) is 17.9 Å². The van der Waals surface area contributed by atoms with E-state index in [-0.39, 0.29) is 75.5 Å². The Hall–Kier alpha value is -4.36. The molecule has 2 N–H and O–H groups in total. The maximum atomic E-state index is 17.1. The number of fused-ring (bicyclic) bond motifs is 3. The minimum absolute atomic E-state index is 0.0229. The number of carbonyl (C=O) groups is 1. The van der Waals surface area contributed by atoms with E-state index < -0.39 is 51.7 Å². The van der Waals surface area contributed by atoms with E-state index in [0.29, 0.717) is 37.3 Å². The number of carbonyl (C=O) groups excluding carboxylic acids is 1. The lowest BCUT2D eigenvalue weighted by atomic mass is 9.92. The Labute approximate surface area is 287 Å². The molecule has 50 heavy (non-hydrogen) atoms. The molecule has 1 amide bonds. The molecule has 4 aromatic rings. The third kappa shape index (κ3) is 5.36. The van der Waals surface area contributed by atoms with Crippen LogP contribution in [0.4, 0.5) is 37.2 Å². The normalized spacial score (nSPS) is 23.9. The molecule has 3 unspecified atom stereocenters. The van der Waals surface area contributed by atoms with Gasteiger partial charge in [-0.15, -0.1) is 11.3 Å². The second kappa shape index (κ2) is 11.9. The molecule has 0 bridgehead atoms. The van der Waals surface area contributed by atoms with Crippen LogP contribution in [0.5, 0.6) is 6.01 Å². The van der Waals surface area contributed by atoms with Crippen LogP contribution in [-0.4, -0.2) is 82.8 Å². The molecule has 2 aromatic heterocycles. The lowest BCUT2D eigenvalue weighted by Crippen LogP contribution is -2.47. The largest absolute Gasteiger partial charge is 0.461 e. The molecular formula is C34H33F6N7O2S. The van der Waals surface area contributed by atoms with Crippen LogP contribution >= 0.6 is 11.3 Å². The van der Waals surface area contributed by atoms with Crippen LogP contribution in [0.3, 0.4) is 0 Å². The van der Waals surface area contributed by atoms with Crippen molar-refractivity contribution in [2.45, 2.75) is 63.0 Å². The molecule has 3 fully saturated rings. The van der Waals surface area contributed by atoms with E-state index in [0.717, 1.165) is 24.6 Å². The highest BCUT2D eigenvalue weighted by atomic mass is 32.1. The number of likely N-dealkylation sites (N-methyl/N-ethyl adjacent to an activating group) is 1. The van der Waals surface area contributed by atoms with Gasteiger partial charge in [0, 0.05) is 56.4 Å². The van der Waals surface area contributed by atoms with Crippen LogP contribution in [-0.2, 0) is 11.0 Å². The van der Waals surface area contributed by atoms with Crippen LogP contribution in [0.15, 0.2) is 18.2 Å². The smallest absolute Gasteiger partial charge is 0.417 e. The van der Waals surface area contributed by atoms with Crippen molar-refractivity contribution in [1.29, 1.82) is 5.26 Å². The molecule has 5 heterocycles. The summed E-state index contributed by atoms with van der Waals surface area (Å²) in [5.74, 6) is -2.45. The summed E-state index contributed by atoms with van der Waals surface area (Å²) in [6.07, 6.45) is -4.02. The summed E-state index contributed by atoms with van der Waals surface area (Å²) in [5.41, 5.74) is 1.04. The van der Waals surface area contributed by atoms with Gasteiger partial charge in [0.15, 0.2) is 5.82 Å². The molecule has 0 saturated carbocycles. The lowest BCUT2D eigenvalue weighted by Gasteiger charge is -2.37. The van der Waals surface area contributed by atoms with Crippen molar-refractivity contribution >= 4 is 49.1 Å². The van der Waals surface area contributed by atoms with Gasteiger partial charge < -0.3 is 20.3 Å². The Morgan fingerprint density at radius 1 is 1.24 bits per heavy atom. The first-order valence-corrected chi connectivity index (χ1v) is 16.9. The molecule has 0 radical (unpaired) electrons. The van der Waals surface area contributed by atoms with E-state index in [9.17, 15) is 18.8 Å². The lowest BCUT2D eigenvalue weighted by molar-refractivity contribution is -0.137. The summed E-state index contributed by atoms with van der Waals surface area (Å²) >= 11 is 0.678. The Morgan fingerprint density at radius 2 is 2.00 bits per heavy atom. The topological polar surface area (TPSA) is 112 Å². The van der Waals surface area contributed by atoms with Gasteiger partial charge in [-0.2, -0.15) is 28.4 Å². The number of nitrogens with two attached hydrogens (primary N) is 1. The van der Waals surface area contributed by atoms with Gasteiger partial charge >= 0.3 is 12.2 Å². The van der Waals surface area contributed by atoms with Crippen LogP contribution in [0, 0.1) is 23.0 Å². The van der Waals surface area contributed by atoms with E-state index in [4.69, 9.17) is 10.5 Å². The number of nitrogens with zero attached hydrogens (tertiary/aromatic N) is 6. The second-order valence-corrected chi connectivity index (χ2v) is 14.8. The first-order valence-electron chi connectivity index (χ1n) is 16.1. The quantitative estimate of drug-likeness (QED) is 0.221. The first-order chi connectivity index (χ1) is 23.6. The van der Waals surface area contributed by atoms with Gasteiger partial charge in [0.25, 0.3) is 0 Å². The minimum atomic E-state index is -5.12. The molecule has 3 atom stereocenters. The van der Waals surface area contributed by atoms with E-state index in [2.05, 4.69) is 9.97 Å². The van der Waals surface area contributed by atoms with E-state index >= 15 is 17.6 Å². The van der Waals surface area contributed by atoms with Gasteiger partial charge in [0.05, 0.1) is 26.9 Å². The number of amides is 1. The molecular weight excluding hydrogens is 684 g/mol. The van der Waals surface area contributed by atoms with Crippen molar-refractivity contribution in [3.8, 4) is 23.2 Å². The SMILES string of the molecule is CC(=O)N1CCC(C)(N(C)c2nc(OCC34CCCN3CC(F)C4)nc3c(F)c(-c4ccc(F)c5sc(N)c(C#N)c45)c(C(F)(F)F)cc23)C1. The number of rotatable bonds is 6. The fourth-order valence-electron chi connectivity index (χ4n) is 7.90.